The number of carbonyl (C=O) groups is 3. The van der Waals surface area contributed by atoms with Gasteiger partial charge in [-0.05, 0) is 73.1 Å². The van der Waals surface area contributed by atoms with Crippen molar-refractivity contribution in [2.24, 2.45) is 0 Å². The number of hydrogen-bond acceptors (Lipinski definition) is 5. The van der Waals surface area contributed by atoms with E-state index in [2.05, 4.69) is 10.6 Å². The van der Waals surface area contributed by atoms with E-state index in [1.54, 1.807) is 25.7 Å². The molecule has 0 aromatic heterocycles. The fraction of sp³-hybridized carbons (Fsp3) is 0.270. The van der Waals surface area contributed by atoms with Crippen molar-refractivity contribution in [3.63, 3.8) is 0 Å². The maximum absolute atomic E-state index is 13.8. The van der Waals surface area contributed by atoms with Gasteiger partial charge in [0.1, 0.15) is 18.2 Å². The number of rotatable bonds is 8. The van der Waals surface area contributed by atoms with Crippen LogP contribution in [0.5, 0.6) is 0 Å². The molecule has 0 saturated heterocycles. The fourth-order valence-corrected chi connectivity index (χ4v) is 5.33. The number of ether oxygens (including phenoxy) is 2. The van der Waals surface area contributed by atoms with Crippen LogP contribution < -0.4 is 15.5 Å². The Morgan fingerprint density at radius 1 is 0.822 bits per heavy atom. The summed E-state index contributed by atoms with van der Waals surface area (Å²) in [5.41, 5.74) is 6.03. The largest absolute Gasteiger partial charge is 0.445 e. The monoisotopic (exact) mass is 605 g/mol. The van der Waals surface area contributed by atoms with Gasteiger partial charge in [0.05, 0.1) is 6.54 Å². The first-order chi connectivity index (χ1) is 21.7. The minimum Gasteiger partial charge on any atom is -0.445 e. The molecular weight excluding hydrogens is 566 g/mol. The second-order valence-corrected chi connectivity index (χ2v) is 12.1. The zero-order valence-corrected chi connectivity index (χ0v) is 25.9. The molecule has 0 spiro atoms. The molecule has 0 saturated carbocycles. The summed E-state index contributed by atoms with van der Waals surface area (Å²) in [5.74, 6) is -0.176. The summed E-state index contributed by atoms with van der Waals surface area (Å²) in [6, 6.07) is 32.7. The van der Waals surface area contributed by atoms with Crippen molar-refractivity contribution in [2.45, 2.75) is 65.0 Å². The van der Waals surface area contributed by atoms with Crippen molar-refractivity contribution in [1.82, 2.24) is 10.6 Å². The zero-order chi connectivity index (χ0) is 31.8. The molecule has 0 bridgehead atoms. The molecule has 0 radical (unpaired) electrons. The molecule has 1 aliphatic heterocycles. The highest BCUT2D eigenvalue weighted by Gasteiger charge is 2.32. The van der Waals surface area contributed by atoms with Gasteiger partial charge in [-0.1, -0.05) is 97.1 Å². The van der Waals surface area contributed by atoms with Gasteiger partial charge in [0.25, 0.3) is 0 Å². The number of benzene rings is 4. The number of hydrogen-bond donors (Lipinski definition) is 2. The Balaban J connectivity index is 1.28. The lowest BCUT2D eigenvalue weighted by Gasteiger charge is -2.27. The van der Waals surface area contributed by atoms with E-state index < -0.39 is 23.8 Å². The summed E-state index contributed by atoms with van der Waals surface area (Å²) in [6.45, 7) is 6.25. The van der Waals surface area contributed by atoms with Crippen molar-refractivity contribution in [2.75, 3.05) is 4.90 Å². The third-order valence-electron chi connectivity index (χ3n) is 7.50. The third kappa shape index (κ3) is 8.50. The number of nitrogens with one attached hydrogen (secondary N) is 2. The molecular formula is C37H39N3O5. The zero-order valence-electron chi connectivity index (χ0n) is 25.9. The molecule has 4 aromatic rings. The van der Waals surface area contributed by atoms with E-state index in [0.29, 0.717) is 25.9 Å². The van der Waals surface area contributed by atoms with Crippen molar-refractivity contribution < 1.29 is 23.9 Å². The van der Waals surface area contributed by atoms with Gasteiger partial charge in [-0.15, -0.1) is 0 Å². The lowest BCUT2D eigenvalue weighted by Crippen LogP contribution is -2.49. The summed E-state index contributed by atoms with van der Waals surface area (Å²) < 4.78 is 10.8. The van der Waals surface area contributed by atoms with E-state index in [0.717, 1.165) is 39.1 Å². The van der Waals surface area contributed by atoms with Crippen LogP contribution in [0.1, 0.15) is 49.4 Å². The van der Waals surface area contributed by atoms with E-state index in [9.17, 15) is 14.4 Å². The molecule has 5 rings (SSSR count). The van der Waals surface area contributed by atoms with Crippen LogP contribution in [0, 0.1) is 0 Å². The number of aryl methyl sites for hydroxylation is 1. The molecule has 232 valence electrons. The van der Waals surface area contributed by atoms with Crippen LogP contribution in [0.25, 0.3) is 11.1 Å². The minimum atomic E-state index is -0.703. The molecule has 8 heteroatoms. The molecule has 1 heterocycles. The number of nitrogens with zero attached hydrogens (tertiary/aromatic N) is 1. The van der Waals surface area contributed by atoms with Crippen LogP contribution in [0.15, 0.2) is 103 Å². The molecule has 1 aliphatic rings. The lowest BCUT2D eigenvalue weighted by molar-refractivity contribution is -0.120. The minimum absolute atomic E-state index is 0.176. The smallest absolute Gasteiger partial charge is 0.408 e. The number of fused-ring (bicyclic) bond motifs is 1. The van der Waals surface area contributed by atoms with E-state index >= 15 is 0 Å². The van der Waals surface area contributed by atoms with Gasteiger partial charge < -0.3 is 25.0 Å². The van der Waals surface area contributed by atoms with Crippen LogP contribution in [-0.4, -0.2) is 29.7 Å². The van der Waals surface area contributed by atoms with Gasteiger partial charge >= 0.3 is 12.2 Å². The Bertz CT molecular complexity index is 1630. The number of alkyl carbamates (subject to hydrolysis) is 2. The highest BCUT2D eigenvalue weighted by Crippen LogP contribution is 2.30. The van der Waals surface area contributed by atoms with Crippen LogP contribution in [0.4, 0.5) is 15.3 Å². The molecule has 8 nitrogen and oxygen atoms in total. The quantitative estimate of drug-likeness (QED) is 0.222. The van der Waals surface area contributed by atoms with Gasteiger partial charge in [-0.2, -0.15) is 0 Å². The average molecular weight is 606 g/mol. The van der Waals surface area contributed by atoms with Crippen molar-refractivity contribution in [1.29, 1.82) is 0 Å². The summed E-state index contributed by atoms with van der Waals surface area (Å²) in [7, 11) is 0. The molecule has 4 aromatic carbocycles. The van der Waals surface area contributed by atoms with Gasteiger partial charge in [0.15, 0.2) is 0 Å². The van der Waals surface area contributed by atoms with E-state index in [4.69, 9.17) is 9.47 Å². The van der Waals surface area contributed by atoms with Gasteiger partial charge in [0.2, 0.25) is 5.91 Å². The van der Waals surface area contributed by atoms with Crippen LogP contribution in [0.2, 0.25) is 0 Å². The number of anilines is 1. The summed E-state index contributed by atoms with van der Waals surface area (Å²) in [4.78, 5) is 40.5. The lowest BCUT2D eigenvalue weighted by atomic mass is 9.98. The number of para-hydroxylation sites is 1. The summed E-state index contributed by atoms with van der Waals surface area (Å²) in [6.07, 6.45) is 0.0528. The maximum atomic E-state index is 13.8. The fourth-order valence-electron chi connectivity index (χ4n) is 5.33. The number of carbonyl (C=O) groups excluding carboxylic acids is 3. The first kappa shape index (κ1) is 31.3. The Labute approximate surface area is 264 Å². The number of amides is 3. The highest BCUT2D eigenvalue weighted by atomic mass is 16.6. The van der Waals surface area contributed by atoms with Gasteiger partial charge in [0, 0.05) is 12.2 Å². The van der Waals surface area contributed by atoms with Crippen LogP contribution >= 0.6 is 0 Å². The Morgan fingerprint density at radius 3 is 2.27 bits per heavy atom. The Morgan fingerprint density at radius 2 is 1.51 bits per heavy atom. The topological polar surface area (TPSA) is 97.0 Å². The molecule has 1 unspecified atom stereocenters. The maximum Gasteiger partial charge on any atom is 0.408 e. The van der Waals surface area contributed by atoms with Crippen molar-refractivity contribution in [3.05, 3.63) is 125 Å². The highest BCUT2D eigenvalue weighted by molar-refractivity contribution is 6.00. The third-order valence-corrected chi connectivity index (χ3v) is 7.50. The van der Waals surface area contributed by atoms with Crippen molar-refractivity contribution >= 4 is 23.8 Å². The SMILES string of the molecule is CC(C)(C)OC(=O)NC1CCc2ccccc2N(Cc2ccc(-c3ccccc3CNC(=O)OCc3ccccc3)cc2)C1=O. The average Bonchev–Trinajstić information content (AvgIpc) is 3.15. The van der Waals surface area contributed by atoms with Gasteiger partial charge in [-0.25, -0.2) is 9.59 Å². The van der Waals surface area contributed by atoms with Crippen LogP contribution in [-0.2, 0) is 40.4 Å². The predicted molar refractivity (Wildman–Crippen MR) is 174 cm³/mol. The van der Waals surface area contributed by atoms with E-state index in [1.807, 2.05) is 103 Å². The molecule has 3 amide bonds. The first-order valence-electron chi connectivity index (χ1n) is 15.2. The van der Waals surface area contributed by atoms with Crippen molar-refractivity contribution in [3.8, 4) is 11.1 Å². The Hall–Kier alpha value is -5.11. The second-order valence-electron chi connectivity index (χ2n) is 12.1. The van der Waals surface area contributed by atoms with Crippen LogP contribution in [0.3, 0.4) is 0 Å². The second kappa shape index (κ2) is 14.1. The first-order valence-corrected chi connectivity index (χ1v) is 15.2. The molecule has 0 fully saturated rings. The van der Waals surface area contributed by atoms with E-state index in [1.165, 1.54) is 0 Å². The molecule has 45 heavy (non-hydrogen) atoms. The van der Waals surface area contributed by atoms with E-state index in [-0.39, 0.29) is 12.5 Å². The molecule has 1 atom stereocenters. The standard InChI is InChI=1S/C37H39N3O5/c1-37(2,3)45-36(43)39-32-22-21-29-13-8-10-16-33(29)40(34(32)41)24-26-17-19-28(20-18-26)31-15-9-7-14-30(31)23-38-35(42)44-25-27-11-5-4-6-12-27/h4-20,32H,21-25H2,1-3H3,(H,38,42)(H,39,43). The molecule has 2 N–H and O–H groups in total. The summed E-state index contributed by atoms with van der Waals surface area (Å²) in [5, 5.41) is 5.65. The Kier molecular flexibility index (Phi) is 9.82. The predicted octanol–water partition coefficient (Wildman–Crippen LogP) is 7.15. The normalized spacial score (nSPS) is 14.6. The summed E-state index contributed by atoms with van der Waals surface area (Å²) >= 11 is 0. The molecule has 0 aliphatic carbocycles. The van der Waals surface area contributed by atoms with Gasteiger partial charge in [-0.3, -0.25) is 4.79 Å².